The van der Waals surface area contributed by atoms with Gasteiger partial charge in [0.25, 0.3) is 5.91 Å². The van der Waals surface area contributed by atoms with Gasteiger partial charge in [-0.15, -0.1) is 0 Å². The van der Waals surface area contributed by atoms with E-state index in [0.717, 1.165) is 24.0 Å². The van der Waals surface area contributed by atoms with Gasteiger partial charge >= 0.3 is 0 Å². The summed E-state index contributed by atoms with van der Waals surface area (Å²) in [5, 5.41) is 3.14. The lowest BCUT2D eigenvalue weighted by Gasteiger charge is -2.26. The summed E-state index contributed by atoms with van der Waals surface area (Å²) in [6.07, 6.45) is 2.18. The molecule has 1 heterocycles. The van der Waals surface area contributed by atoms with Gasteiger partial charge in [0, 0.05) is 18.7 Å². The number of amides is 1. The molecule has 2 aromatic carbocycles. The zero-order valence-electron chi connectivity index (χ0n) is 16.5. The summed E-state index contributed by atoms with van der Waals surface area (Å²) < 4.78 is 32.6. The van der Waals surface area contributed by atoms with E-state index in [2.05, 4.69) is 5.32 Å². The van der Waals surface area contributed by atoms with Crippen molar-refractivity contribution in [2.45, 2.75) is 30.7 Å². The summed E-state index contributed by atoms with van der Waals surface area (Å²) in [4.78, 5) is 13.2. The van der Waals surface area contributed by atoms with E-state index >= 15 is 0 Å². The van der Waals surface area contributed by atoms with Gasteiger partial charge in [-0.3, -0.25) is 4.79 Å². The summed E-state index contributed by atoms with van der Waals surface area (Å²) in [5.74, 6) is 0.198. The van der Waals surface area contributed by atoms with Crippen LogP contribution in [-0.2, 0) is 14.8 Å². The molecule has 1 N–H and O–H groups in total. The van der Waals surface area contributed by atoms with E-state index in [9.17, 15) is 13.2 Å². The van der Waals surface area contributed by atoms with Crippen LogP contribution in [0.5, 0.6) is 0 Å². The molecule has 6 nitrogen and oxygen atoms in total. The van der Waals surface area contributed by atoms with Crippen molar-refractivity contribution in [2.24, 2.45) is 5.92 Å². The Bertz CT molecular complexity index is 981. The summed E-state index contributed by atoms with van der Waals surface area (Å²) in [6.45, 7) is 3.26. The molecular formula is C22H26N2O4S. The van der Waals surface area contributed by atoms with Crippen molar-refractivity contribution in [2.75, 3.05) is 26.3 Å². The second-order valence-electron chi connectivity index (χ2n) is 7.69. The van der Waals surface area contributed by atoms with E-state index in [-0.39, 0.29) is 16.8 Å². The van der Waals surface area contributed by atoms with Gasteiger partial charge in [0.05, 0.1) is 24.2 Å². The molecule has 0 radical (unpaired) electrons. The first kappa shape index (κ1) is 20.1. The zero-order valence-corrected chi connectivity index (χ0v) is 17.3. The van der Waals surface area contributed by atoms with Crippen LogP contribution in [0.2, 0.25) is 0 Å². The van der Waals surface area contributed by atoms with Crippen molar-refractivity contribution in [3.05, 3.63) is 65.2 Å². The predicted molar refractivity (Wildman–Crippen MR) is 110 cm³/mol. The second kappa shape index (κ2) is 8.26. The molecule has 0 aromatic heterocycles. The molecule has 154 valence electrons. The van der Waals surface area contributed by atoms with Gasteiger partial charge in [-0.1, -0.05) is 36.4 Å². The van der Waals surface area contributed by atoms with Crippen LogP contribution < -0.4 is 5.32 Å². The van der Waals surface area contributed by atoms with Crippen LogP contribution in [0.15, 0.2) is 53.4 Å². The lowest BCUT2D eigenvalue weighted by Crippen LogP contribution is -2.40. The molecule has 4 rings (SSSR count). The lowest BCUT2D eigenvalue weighted by molar-refractivity contribution is 0.0730. The van der Waals surface area contributed by atoms with E-state index in [1.165, 1.54) is 10.4 Å². The molecular weight excluding hydrogens is 388 g/mol. The zero-order chi connectivity index (χ0) is 20.4. The molecule has 1 saturated heterocycles. The van der Waals surface area contributed by atoms with Crippen molar-refractivity contribution >= 4 is 15.9 Å². The summed E-state index contributed by atoms with van der Waals surface area (Å²) >= 11 is 0. The number of hydrogen-bond acceptors (Lipinski definition) is 4. The Hall–Kier alpha value is -2.22. The fourth-order valence-corrected chi connectivity index (χ4v) is 5.16. The molecule has 7 heteroatoms. The number of sulfonamides is 1. The van der Waals surface area contributed by atoms with Crippen molar-refractivity contribution < 1.29 is 17.9 Å². The van der Waals surface area contributed by atoms with Gasteiger partial charge in [0.2, 0.25) is 10.0 Å². The number of nitrogens with one attached hydrogen (secondary N) is 1. The minimum atomic E-state index is -3.65. The number of hydrogen-bond donors (Lipinski definition) is 1. The monoisotopic (exact) mass is 414 g/mol. The summed E-state index contributed by atoms with van der Waals surface area (Å²) in [6, 6.07) is 14.7. The normalized spacial score (nSPS) is 18.9. The number of nitrogens with zero attached hydrogens (tertiary/aromatic N) is 1. The number of carbonyl (C=O) groups excluding carboxylic acids is 1. The molecule has 1 unspecified atom stereocenters. The van der Waals surface area contributed by atoms with Crippen molar-refractivity contribution in [3.63, 3.8) is 0 Å². The Morgan fingerprint density at radius 2 is 1.79 bits per heavy atom. The van der Waals surface area contributed by atoms with Crippen LogP contribution in [0.3, 0.4) is 0 Å². The number of carbonyl (C=O) groups is 1. The lowest BCUT2D eigenvalue weighted by atomic mass is 10.0. The highest BCUT2D eigenvalue weighted by atomic mass is 32.2. The van der Waals surface area contributed by atoms with E-state index in [1.54, 1.807) is 12.1 Å². The van der Waals surface area contributed by atoms with Crippen LogP contribution >= 0.6 is 0 Å². The molecule has 2 aliphatic rings. The Morgan fingerprint density at radius 1 is 1.10 bits per heavy atom. The quantitative estimate of drug-likeness (QED) is 0.789. The van der Waals surface area contributed by atoms with Crippen molar-refractivity contribution in [1.29, 1.82) is 0 Å². The van der Waals surface area contributed by atoms with Crippen LogP contribution in [0.4, 0.5) is 0 Å². The molecule has 1 aliphatic carbocycles. The number of benzene rings is 2. The largest absolute Gasteiger partial charge is 0.379 e. The van der Waals surface area contributed by atoms with Gasteiger partial charge in [-0.2, -0.15) is 4.31 Å². The first-order chi connectivity index (χ1) is 14.0. The highest BCUT2D eigenvalue weighted by Gasteiger charge is 2.34. The maximum Gasteiger partial charge on any atom is 0.252 e. The molecule has 1 aliphatic heterocycles. The fourth-order valence-electron chi connectivity index (χ4n) is 3.72. The average molecular weight is 415 g/mol. The Kier molecular flexibility index (Phi) is 5.72. The van der Waals surface area contributed by atoms with E-state index in [4.69, 9.17) is 4.74 Å². The van der Waals surface area contributed by atoms with Crippen molar-refractivity contribution in [3.8, 4) is 0 Å². The molecule has 1 atom stereocenters. The third-order valence-corrected chi connectivity index (χ3v) is 7.49. The van der Waals surface area contributed by atoms with Gasteiger partial charge in [-0.25, -0.2) is 8.42 Å². The van der Waals surface area contributed by atoms with E-state index in [0.29, 0.717) is 37.8 Å². The molecule has 2 fully saturated rings. The van der Waals surface area contributed by atoms with Crippen LogP contribution in [0.25, 0.3) is 0 Å². The summed E-state index contributed by atoms with van der Waals surface area (Å²) in [7, 11) is -3.65. The van der Waals surface area contributed by atoms with Crippen LogP contribution in [0, 0.1) is 12.8 Å². The third kappa shape index (κ3) is 4.37. The Labute approximate surface area is 171 Å². The average Bonchev–Trinajstić information content (AvgIpc) is 3.58. The second-order valence-corrected chi connectivity index (χ2v) is 9.63. The number of rotatable bonds is 6. The molecule has 0 bridgehead atoms. The smallest absolute Gasteiger partial charge is 0.252 e. The van der Waals surface area contributed by atoms with Crippen molar-refractivity contribution in [1.82, 2.24) is 9.62 Å². The SMILES string of the molecule is Cc1ccc(S(=O)(=O)N2CCOCC2)cc1C(=O)NC(c1ccccc1)C1CC1. The third-order valence-electron chi connectivity index (χ3n) is 5.60. The van der Waals surface area contributed by atoms with Gasteiger partial charge < -0.3 is 10.1 Å². The summed E-state index contributed by atoms with van der Waals surface area (Å²) in [5.41, 5.74) is 2.24. The Morgan fingerprint density at radius 3 is 2.45 bits per heavy atom. The first-order valence-electron chi connectivity index (χ1n) is 10.0. The minimum absolute atomic E-state index is 0.0531. The first-order valence-corrected chi connectivity index (χ1v) is 11.4. The number of morpholine rings is 1. The number of ether oxygens (including phenoxy) is 1. The fraction of sp³-hybridized carbons (Fsp3) is 0.409. The Balaban J connectivity index is 1.59. The van der Waals surface area contributed by atoms with E-state index < -0.39 is 10.0 Å². The molecule has 2 aromatic rings. The van der Waals surface area contributed by atoms with Crippen LogP contribution in [0.1, 0.15) is 40.4 Å². The molecule has 1 saturated carbocycles. The van der Waals surface area contributed by atoms with Gasteiger partial charge in [0.1, 0.15) is 0 Å². The molecule has 1 amide bonds. The maximum absolute atomic E-state index is 13.1. The molecule has 0 spiro atoms. The van der Waals surface area contributed by atoms with Crippen LogP contribution in [-0.4, -0.2) is 44.9 Å². The predicted octanol–water partition coefficient (Wildman–Crippen LogP) is 2.90. The van der Waals surface area contributed by atoms with Gasteiger partial charge in [0.15, 0.2) is 0 Å². The number of aryl methyl sites for hydroxylation is 1. The standard InChI is InChI=1S/C22H26N2O4S/c1-16-7-10-19(29(26,27)24-11-13-28-14-12-24)15-20(16)22(25)23-21(18-8-9-18)17-5-3-2-4-6-17/h2-7,10,15,18,21H,8-9,11-14H2,1H3,(H,23,25). The maximum atomic E-state index is 13.1. The van der Waals surface area contributed by atoms with Gasteiger partial charge in [-0.05, 0) is 48.9 Å². The molecule has 29 heavy (non-hydrogen) atoms. The van der Waals surface area contributed by atoms with E-state index in [1.807, 2.05) is 37.3 Å². The highest BCUT2D eigenvalue weighted by Crippen LogP contribution is 2.41. The highest BCUT2D eigenvalue weighted by molar-refractivity contribution is 7.89. The minimum Gasteiger partial charge on any atom is -0.379 e. The topological polar surface area (TPSA) is 75.7 Å².